The molecule has 0 radical (unpaired) electrons. The number of amides is 4. The van der Waals surface area contributed by atoms with Crippen molar-refractivity contribution in [1.82, 2.24) is 10.2 Å². The molecule has 1 unspecified atom stereocenters. The summed E-state index contributed by atoms with van der Waals surface area (Å²) in [5.41, 5.74) is 2.12. The molecule has 1 aromatic heterocycles. The Hall–Kier alpha value is -5.60. The van der Waals surface area contributed by atoms with Crippen LogP contribution in [-0.2, 0) is 32.0 Å². The van der Waals surface area contributed by atoms with E-state index >= 15 is 0 Å². The van der Waals surface area contributed by atoms with Crippen LogP contribution in [0.15, 0.2) is 114 Å². The maximum absolute atomic E-state index is 14.3. The molecule has 1 aliphatic rings. The number of esters is 1. The number of fused-ring (bicyclic) bond motifs is 1. The van der Waals surface area contributed by atoms with Gasteiger partial charge in [-0.25, -0.2) is 9.59 Å². The van der Waals surface area contributed by atoms with Gasteiger partial charge >= 0.3 is 12.1 Å². The lowest BCUT2D eigenvalue weighted by Crippen LogP contribution is -2.39. The summed E-state index contributed by atoms with van der Waals surface area (Å²) in [6, 6.07) is 29.4. The minimum atomic E-state index is -0.808. The molecule has 15 heteroatoms. The van der Waals surface area contributed by atoms with Gasteiger partial charge in [-0.3, -0.25) is 14.4 Å². The number of nitrogens with zero attached hydrogens (tertiary/aromatic N) is 1. The molecule has 1 aliphatic heterocycles. The van der Waals surface area contributed by atoms with Gasteiger partial charge in [0.25, 0.3) is 11.8 Å². The van der Waals surface area contributed by atoms with E-state index in [0.717, 1.165) is 10.4 Å². The summed E-state index contributed by atoms with van der Waals surface area (Å²) in [6.45, 7) is 5.93. The van der Waals surface area contributed by atoms with Crippen LogP contribution in [0.3, 0.4) is 0 Å². The number of methoxy groups -OCH3 is 1. The monoisotopic (exact) mass is 870 g/mol. The molecular weight excluding hydrogens is 832 g/mol. The molecule has 4 aromatic carbocycles. The topological polar surface area (TPSA) is 143 Å². The number of carbonyl (C=O) groups is 5. The number of rotatable bonds is 11. The first-order chi connectivity index (χ1) is 28.2. The molecule has 304 valence electrons. The molecule has 0 fully saturated rings. The summed E-state index contributed by atoms with van der Waals surface area (Å²) in [4.78, 5) is 70.4. The Morgan fingerprint density at radius 2 is 1.59 bits per heavy atom. The second-order valence-electron chi connectivity index (χ2n) is 14.3. The van der Waals surface area contributed by atoms with E-state index < -0.39 is 40.6 Å². The van der Waals surface area contributed by atoms with E-state index in [4.69, 9.17) is 32.7 Å². The van der Waals surface area contributed by atoms with Crippen LogP contribution in [0.1, 0.15) is 68.3 Å². The first-order valence-corrected chi connectivity index (χ1v) is 20.8. The summed E-state index contributed by atoms with van der Waals surface area (Å²) in [6.07, 6.45) is 1.37. The van der Waals surface area contributed by atoms with E-state index in [1.54, 1.807) is 92.4 Å². The zero-order valence-corrected chi connectivity index (χ0v) is 35.6. The number of halogens is 2. The highest BCUT2D eigenvalue weighted by Crippen LogP contribution is 2.41. The van der Waals surface area contributed by atoms with Gasteiger partial charge < -0.3 is 30.3 Å². The van der Waals surface area contributed by atoms with Crippen LogP contribution in [0, 0.1) is 0 Å². The predicted molar refractivity (Wildman–Crippen MR) is 233 cm³/mol. The highest BCUT2D eigenvalue weighted by atomic mass is 35.5. The Bertz CT molecular complexity index is 2420. The van der Waals surface area contributed by atoms with E-state index in [1.165, 1.54) is 42.4 Å². The average Bonchev–Trinajstić information content (AvgIpc) is 3.57. The van der Waals surface area contributed by atoms with E-state index in [9.17, 15) is 24.0 Å². The summed E-state index contributed by atoms with van der Waals surface area (Å²) in [7, 11) is 1.28. The number of nitrogens with one attached hydrogen (secondary N) is 3. The molecule has 59 heavy (non-hydrogen) atoms. The largest absolute Gasteiger partial charge is 0.465 e. The smallest absolute Gasteiger partial charge is 0.410 e. The summed E-state index contributed by atoms with van der Waals surface area (Å²) < 4.78 is 10.7. The summed E-state index contributed by atoms with van der Waals surface area (Å²) in [5, 5.41) is 8.76. The number of thiophene rings is 1. The Morgan fingerprint density at radius 1 is 0.881 bits per heavy atom. The van der Waals surface area contributed by atoms with Crippen molar-refractivity contribution < 1.29 is 33.4 Å². The molecule has 2 heterocycles. The lowest BCUT2D eigenvalue weighted by atomic mass is 10.0. The third-order valence-corrected chi connectivity index (χ3v) is 11.8. The van der Waals surface area contributed by atoms with Crippen molar-refractivity contribution in [2.24, 2.45) is 0 Å². The Labute approximate surface area is 360 Å². The van der Waals surface area contributed by atoms with Gasteiger partial charge in [-0.05, 0) is 92.4 Å². The normalized spacial score (nSPS) is 13.1. The highest BCUT2D eigenvalue weighted by molar-refractivity contribution is 8.00. The summed E-state index contributed by atoms with van der Waals surface area (Å²) >= 11 is 15.0. The van der Waals surface area contributed by atoms with Gasteiger partial charge in [-0.15, -0.1) is 23.1 Å². The van der Waals surface area contributed by atoms with Crippen molar-refractivity contribution in [3.05, 3.63) is 152 Å². The molecule has 3 N–H and O–H groups in total. The predicted octanol–water partition coefficient (Wildman–Crippen LogP) is 10.0. The Morgan fingerprint density at radius 3 is 2.27 bits per heavy atom. The highest BCUT2D eigenvalue weighted by Gasteiger charge is 2.34. The zero-order valence-electron chi connectivity index (χ0n) is 32.5. The fourth-order valence-electron chi connectivity index (χ4n) is 6.07. The Kier molecular flexibility index (Phi) is 13.8. The number of hydrogen-bond donors (Lipinski definition) is 3. The standard InChI is InChI=1S/C44H40Cl2N4O7S2/c1-44(2,3)57-43(55)50-21-20-32-35(25-50)59-41(36(32)42(54)56-4)49-40(53)37(26-12-7-5-8-13-26)58-31-17-11-16-30(24-31)47-39(52)34(22-28-18-19-29(45)23-33(28)46)48-38(51)27-14-9-6-10-15-27/h5-19,22-24,37H,20-21,25H2,1-4H3,(H,47,52)(H,48,51)(H,49,53)/b34-22+. The van der Waals surface area contributed by atoms with Crippen LogP contribution in [-0.4, -0.2) is 53.9 Å². The van der Waals surface area contributed by atoms with Crippen LogP contribution < -0.4 is 16.0 Å². The molecule has 4 amide bonds. The molecule has 0 spiro atoms. The fraction of sp³-hybridized carbons (Fsp3) is 0.205. The molecule has 5 aromatic rings. The van der Waals surface area contributed by atoms with Crippen molar-refractivity contribution in [2.45, 2.75) is 49.5 Å². The van der Waals surface area contributed by atoms with Crippen LogP contribution in [0.25, 0.3) is 6.08 Å². The SMILES string of the molecule is COC(=O)c1c(NC(=O)C(Sc2cccc(NC(=O)/C(=C\c3ccc(Cl)cc3Cl)NC(=O)c3ccccc3)c2)c2ccccc2)sc2c1CCN(C(=O)OC(C)(C)C)C2. The molecule has 1 atom stereocenters. The molecular formula is C44H40Cl2N4O7S2. The maximum atomic E-state index is 14.3. The van der Waals surface area contributed by atoms with Crippen molar-refractivity contribution in [1.29, 1.82) is 0 Å². The molecule has 11 nitrogen and oxygen atoms in total. The minimum absolute atomic E-state index is 0.0723. The lowest BCUT2D eigenvalue weighted by molar-refractivity contribution is -0.116. The van der Waals surface area contributed by atoms with Gasteiger partial charge in [0.05, 0.1) is 19.2 Å². The number of thioether (sulfide) groups is 1. The van der Waals surface area contributed by atoms with Gasteiger partial charge in [0.15, 0.2) is 0 Å². The number of benzene rings is 4. The lowest BCUT2D eigenvalue weighted by Gasteiger charge is -2.30. The molecule has 0 bridgehead atoms. The van der Waals surface area contributed by atoms with Gasteiger partial charge in [0, 0.05) is 37.6 Å². The first kappa shape index (κ1) is 43.0. The van der Waals surface area contributed by atoms with Crippen molar-refractivity contribution >= 4 is 92.8 Å². The number of anilines is 2. The maximum Gasteiger partial charge on any atom is 0.410 e. The molecule has 6 rings (SSSR count). The van der Waals surface area contributed by atoms with E-state index in [1.807, 2.05) is 30.3 Å². The van der Waals surface area contributed by atoms with E-state index in [0.29, 0.717) is 50.3 Å². The van der Waals surface area contributed by atoms with Crippen LogP contribution in [0.4, 0.5) is 15.5 Å². The van der Waals surface area contributed by atoms with Gasteiger partial charge in [0.2, 0.25) is 5.91 Å². The Balaban J connectivity index is 1.25. The molecule has 0 saturated carbocycles. The second-order valence-corrected chi connectivity index (χ2v) is 17.4. The fourth-order valence-corrected chi connectivity index (χ4v) is 8.87. The first-order valence-electron chi connectivity index (χ1n) is 18.4. The third-order valence-electron chi connectivity index (χ3n) is 8.81. The van der Waals surface area contributed by atoms with Gasteiger partial charge in [0.1, 0.15) is 21.5 Å². The average molecular weight is 872 g/mol. The quantitative estimate of drug-likeness (QED) is 0.0677. The number of hydrogen-bond acceptors (Lipinski definition) is 9. The van der Waals surface area contributed by atoms with Crippen molar-refractivity contribution in [2.75, 3.05) is 24.3 Å². The van der Waals surface area contributed by atoms with Crippen molar-refractivity contribution in [3.8, 4) is 0 Å². The van der Waals surface area contributed by atoms with Crippen LogP contribution >= 0.6 is 46.3 Å². The van der Waals surface area contributed by atoms with E-state index in [-0.39, 0.29) is 22.8 Å². The number of carbonyl (C=O) groups excluding carboxylic acids is 5. The van der Waals surface area contributed by atoms with Crippen molar-refractivity contribution in [3.63, 3.8) is 0 Å². The van der Waals surface area contributed by atoms with Gasteiger partial charge in [-0.1, -0.05) is 83.9 Å². The minimum Gasteiger partial charge on any atom is -0.465 e. The van der Waals surface area contributed by atoms with Crippen LogP contribution in [0.2, 0.25) is 10.0 Å². The van der Waals surface area contributed by atoms with Crippen LogP contribution in [0.5, 0.6) is 0 Å². The summed E-state index contributed by atoms with van der Waals surface area (Å²) in [5.74, 6) is -2.12. The third kappa shape index (κ3) is 11.1. The molecule has 0 aliphatic carbocycles. The number of ether oxygens (including phenoxy) is 2. The van der Waals surface area contributed by atoms with Gasteiger partial charge in [-0.2, -0.15) is 0 Å². The zero-order chi connectivity index (χ0) is 42.3. The van der Waals surface area contributed by atoms with E-state index in [2.05, 4.69) is 16.0 Å². The second kappa shape index (κ2) is 19.0. The molecule has 0 saturated heterocycles.